The zero-order valence-corrected chi connectivity index (χ0v) is 18.5. The van der Waals surface area contributed by atoms with Crippen molar-refractivity contribution in [2.75, 3.05) is 0 Å². The molecule has 0 aliphatic heterocycles. The lowest BCUT2D eigenvalue weighted by molar-refractivity contribution is -0.156. The number of rotatable bonds is 3. The van der Waals surface area contributed by atoms with Crippen molar-refractivity contribution in [1.82, 2.24) is 18.9 Å². The van der Waals surface area contributed by atoms with Crippen LogP contribution in [0, 0.1) is 0 Å². The summed E-state index contributed by atoms with van der Waals surface area (Å²) in [5, 5.41) is 1.34. The average molecular weight is 441 g/mol. The van der Waals surface area contributed by atoms with Gasteiger partial charge in [-0.2, -0.15) is 0 Å². The highest BCUT2D eigenvalue weighted by molar-refractivity contribution is 6.04. The van der Waals surface area contributed by atoms with Crippen LogP contribution in [0.2, 0.25) is 0 Å². The maximum atomic E-state index is 13.6. The molecule has 0 aliphatic rings. The highest BCUT2D eigenvalue weighted by Gasteiger charge is 2.25. The highest BCUT2D eigenvalue weighted by atomic mass is 16.6. The number of ether oxygens (including phenoxy) is 1. The van der Waals surface area contributed by atoms with Gasteiger partial charge in [0.05, 0.1) is 17.6 Å². The van der Waals surface area contributed by atoms with Crippen LogP contribution in [-0.2, 0) is 9.53 Å². The molecule has 1 aromatic carbocycles. The molecule has 0 spiro atoms. The fourth-order valence-electron chi connectivity index (χ4n) is 3.91. The summed E-state index contributed by atoms with van der Waals surface area (Å²) in [6, 6.07) is 15.4. The number of nitrogens with two attached hydrogens (primary N) is 1. The summed E-state index contributed by atoms with van der Waals surface area (Å²) in [4.78, 5) is 35.1. The minimum Gasteiger partial charge on any atom is -0.459 e. The molecule has 2 N–H and O–H groups in total. The number of fused-ring (bicyclic) bond motifs is 5. The molecule has 5 aromatic rings. The van der Waals surface area contributed by atoms with Crippen LogP contribution in [0.3, 0.4) is 0 Å². The second-order valence-electron chi connectivity index (χ2n) is 8.85. The zero-order chi connectivity index (χ0) is 23.3. The minimum atomic E-state index is -1.03. The van der Waals surface area contributed by atoms with Gasteiger partial charge in [0.25, 0.3) is 5.56 Å². The first-order valence-corrected chi connectivity index (χ1v) is 10.6. The van der Waals surface area contributed by atoms with Gasteiger partial charge in [-0.3, -0.25) is 18.7 Å². The summed E-state index contributed by atoms with van der Waals surface area (Å²) in [5.41, 5.74) is 8.21. The molecule has 1 unspecified atom stereocenters. The molecule has 8 heteroatoms. The van der Waals surface area contributed by atoms with E-state index in [4.69, 9.17) is 15.5 Å². The van der Waals surface area contributed by atoms with Crippen molar-refractivity contribution in [3.8, 4) is 5.69 Å². The summed E-state index contributed by atoms with van der Waals surface area (Å²) in [6.45, 7) is 5.34. The van der Waals surface area contributed by atoms with E-state index in [1.165, 1.54) is 6.20 Å². The Morgan fingerprint density at radius 1 is 1.03 bits per heavy atom. The monoisotopic (exact) mass is 441 g/mol. The van der Waals surface area contributed by atoms with Gasteiger partial charge in [0.1, 0.15) is 22.8 Å². The largest absolute Gasteiger partial charge is 0.459 e. The summed E-state index contributed by atoms with van der Waals surface area (Å²) in [7, 11) is 0. The summed E-state index contributed by atoms with van der Waals surface area (Å²) in [5.74, 6) is -0.560. The lowest BCUT2D eigenvalue weighted by Gasteiger charge is -2.22. The van der Waals surface area contributed by atoms with Crippen LogP contribution >= 0.6 is 0 Å². The van der Waals surface area contributed by atoms with Crippen molar-refractivity contribution in [2.24, 2.45) is 5.73 Å². The van der Waals surface area contributed by atoms with Gasteiger partial charge >= 0.3 is 5.97 Å². The molecule has 166 valence electrons. The highest BCUT2D eigenvalue weighted by Crippen LogP contribution is 2.26. The number of carbonyl (C=O) groups excluding carboxylic acids is 1. The van der Waals surface area contributed by atoms with Crippen molar-refractivity contribution in [2.45, 2.75) is 32.4 Å². The molecule has 5 rings (SSSR count). The quantitative estimate of drug-likeness (QED) is 0.430. The normalized spacial score (nSPS) is 13.0. The zero-order valence-electron chi connectivity index (χ0n) is 18.5. The summed E-state index contributed by atoms with van der Waals surface area (Å²) >= 11 is 0. The first-order chi connectivity index (χ1) is 15.7. The molecule has 0 radical (unpaired) electrons. The maximum Gasteiger partial charge on any atom is 0.329 e. The molecule has 0 aliphatic carbocycles. The third kappa shape index (κ3) is 3.54. The maximum absolute atomic E-state index is 13.6. The Bertz CT molecular complexity index is 1580. The van der Waals surface area contributed by atoms with Crippen LogP contribution in [0.1, 0.15) is 32.5 Å². The first kappa shape index (κ1) is 20.8. The Hall–Kier alpha value is -4.04. The van der Waals surface area contributed by atoms with Crippen LogP contribution in [-0.4, -0.2) is 30.5 Å². The van der Waals surface area contributed by atoms with Gasteiger partial charge in [-0.25, -0.2) is 9.78 Å². The van der Waals surface area contributed by atoms with Crippen LogP contribution in [0.4, 0.5) is 0 Å². The van der Waals surface area contributed by atoms with Gasteiger partial charge in [0.15, 0.2) is 5.65 Å². The van der Waals surface area contributed by atoms with Crippen LogP contribution in [0.15, 0.2) is 71.8 Å². The fourth-order valence-corrected chi connectivity index (χ4v) is 3.91. The summed E-state index contributed by atoms with van der Waals surface area (Å²) in [6.07, 6.45) is 3.41. The van der Waals surface area contributed by atoms with Gasteiger partial charge in [0, 0.05) is 17.0 Å². The third-order valence-electron chi connectivity index (χ3n) is 5.34. The second kappa shape index (κ2) is 7.53. The SMILES string of the molecule is CC(C)(C)OC(=O)C(N)c1ccc(-n2c(=O)c3ccccc3c3nc4ccccn4c32)cn1. The smallest absolute Gasteiger partial charge is 0.329 e. The number of esters is 1. The number of nitrogens with zero attached hydrogens (tertiary/aromatic N) is 4. The van der Waals surface area contributed by atoms with Crippen LogP contribution in [0.25, 0.3) is 33.3 Å². The van der Waals surface area contributed by atoms with Gasteiger partial charge in [-0.05, 0) is 51.1 Å². The van der Waals surface area contributed by atoms with E-state index in [-0.39, 0.29) is 5.56 Å². The molecule has 0 saturated heterocycles. The van der Waals surface area contributed by atoms with Crippen molar-refractivity contribution in [3.63, 3.8) is 0 Å². The standard InChI is InChI=1S/C25H23N5O3/c1-25(2,3)33-24(32)20(26)18-12-11-15(14-27-18)30-22-21(28-19-10-6-7-13-29(19)22)16-8-4-5-9-17(16)23(30)31/h4-14,20H,26H2,1-3H3. The molecule has 0 fully saturated rings. The van der Waals surface area contributed by atoms with Crippen molar-refractivity contribution in [1.29, 1.82) is 0 Å². The molecule has 0 saturated carbocycles. The average Bonchev–Trinajstić information content (AvgIpc) is 3.18. The molecule has 8 nitrogen and oxygen atoms in total. The van der Waals surface area contributed by atoms with Gasteiger partial charge in [-0.15, -0.1) is 0 Å². The van der Waals surface area contributed by atoms with Gasteiger partial charge < -0.3 is 10.5 Å². The summed E-state index contributed by atoms with van der Waals surface area (Å²) < 4.78 is 8.83. The van der Waals surface area contributed by atoms with E-state index in [1.807, 2.05) is 47.0 Å². The van der Waals surface area contributed by atoms with Crippen molar-refractivity contribution in [3.05, 3.63) is 83.0 Å². The fraction of sp³-hybridized carbons (Fsp3) is 0.200. The number of aromatic nitrogens is 4. The van der Waals surface area contributed by atoms with E-state index in [0.717, 1.165) is 11.0 Å². The third-order valence-corrected chi connectivity index (χ3v) is 5.34. The minimum absolute atomic E-state index is 0.185. The Labute approximate surface area is 189 Å². The lowest BCUT2D eigenvalue weighted by atomic mass is 10.1. The number of benzene rings is 1. The number of hydrogen-bond acceptors (Lipinski definition) is 6. The van der Waals surface area contributed by atoms with Gasteiger partial charge in [-0.1, -0.05) is 24.3 Å². The van der Waals surface area contributed by atoms with Gasteiger partial charge in [0.2, 0.25) is 0 Å². The Morgan fingerprint density at radius 3 is 2.45 bits per heavy atom. The van der Waals surface area contributed by atoms with Crippen LogP contribution in [0.5, 0.6) is 0 Å². The number of pyridine rings is 3. The van der Waals surface area contributed by atoms with Crippen molar-refractivity contribution < 1.29 is 9.53 Å². The predicted molar refractivity (Wildman–Crippen MR) is 126 cm³/mol. The molecule has 1 atom stereocenters. The second-order valence-corrected chi connectivity index (χ2v) is 8.85. The lowest BCUT2D eigenvalue weighted by Crippen LogP contribution is -2.32. The topological polar surface area (TPSA) is 105 Å². The van der Waals surface area contributed by atoms with E-state index >= 15 is 0 Å². The number of imidazole rings is 1. The predicted octanol–water partition coefficient (Wildman–Crippen LogP) is 3.53. The molecule has 4 aromatic heterocycles. The molecular weight excluding hydrogens is 418 g/mol. The molecule has 33 heavy (non-hydrogen) atoms. The van der Waals surface area contributed by atoms with E-state index < -0.39 is 17.6 Å². The number of hydrogen-bond donors (Lipinski definition) is 1. The van der Waals surface area contributed by atoms with E-state index in [2.05, 4.69) is 4.98 Å². The Kier molecular flexibility index (Phi) is 4.75. The van der Waals surface area contributed by atoms with E-state index in [9.17, 15) is 9.59 Å². The molecule has 0 amide bonds. The first-order valence-electron chi connectivity index (χ1n) is 10.6. The molecular formula is C25H23N5O3. The Morgan fingerprint density at radius 2 is 1.76 bits per heavy atom. The van der Waals surface area contributed by atoms with Crippen molar-refractivity contribution >= 4 is 33.6 Å². The number of carbonyl (C=O) groups is 1. The molecule has 4 heterocycles. The van der Waals surface area contributed by atoms with Crippen LogP contribution < -0.4 is 11.3 Å². The van der Waals surface area contributed by atoms with E-state index in [1.54, 1.807) is 43.5 Å². The molecule has 0 bridgehead atoms. The Balaban J connectivity index is 1.69. The van der Waals surface area contributed by atoms with E-state index in [0.29, 0.717) is 27.9 Å².